The van der Waals surface area contributed by atoms with Crippen LogP contribution in [-0.2, 0) is 29.1 Å². The maximum absolute atomic E-state index is 14.3. The number of anilines is 1. The summed E-state index contributed by atoms with van der Waals surface area (Å²) in [5.41, 5.74) is 3.76. The van der Waals surface area contributed by atoms with Crippen LogP contribution in [-0.4, -0.2) is 59.4 Å². The molecule has 0 bridgehead atoms. The van der Waals surface area contributed by atoms with Crippen molar-refractivity contribution >= 4 is 44.9 Å². The molecule has 0 saturated carbocycles. The second-order valence-corrected chi connectivity index (χ2v) is 11.0. The Hall–Kier alpha value is -4.66. The van der Waals surface area contributed by atoms with Gasteiger partial charge in [0, 0.05) is 32.0 Å². The molecule has 14 heteroatoms. The standard InChI is InChI=1S/C28H27FN6O4S.C3H8O2/c1-17-23-26(37)35(21-9-12-31-24(21)36)28(38)34(27(23)40-25(17)33-32-13-11-30)14-10-19-15-20(29)7-8-22(19)39-16-18-5-3-2-4-6-18;1-5-3-2-4/h2-8,11,13,15,21,30,33H,9-10,12,14,16H2,1H3,(H,31,36);4H,2-3H2,1H3/b30-11?,32-13-;/t21-;/m0./s1. The van der Waals surface area contributed by atoms with Crippen LogP contribution in [0.4, 0.5) is 9.39 Å². The molecule has 12 nitrogen and oxygen atoms in total. The maximum Gasteiger partial charge on any atom is 0.332 e. The van der Waals surface area contributed by atoms with E-state index in [1.807, 2.05) is 30.3 Å². The van der Waals surface area contributed by atoms with Crippen LogP contribution in [0.3, 0.4) is 0 Å². The average molecular weight is 639 g/mol. The molecule has 0 radical (unpaired) electrons. The van der Waals surface area contributed by atoms with Gasteiger partial charge in [-0.05, 0) is 49.1 Å². The highest BCUT2D eigenvalue weighted by Crippen LogP contribution is 2.33. The van der Waals surface area contributed by atoms with Gasteiger partial charge in [0.1, 0.15) is 34.0 Å². The van der Waals surface area contributed by atoms with E-state index in [1.54, 1.807) is 20.1 Å². The van der Waals surface area contributed by atoms with Gasteiger partial charge in [0.05, 0.1) is 24.8 Å². The molecule has 45 heavy (non-hydrogen) atoms. The van der Waals surface area contributed by atoms with E-state index in [4.69, 9.17) is 15.3 Å². The highest BCUT2D eigenvalue weighted by atomic mass is 32.1. The summed E-state index contributed by atoms with van der Waals surface area (Å²) in [7, 11) is 1.55. The lowest BCUT2D eigenvalue weighted by atomic mass is 10.1. The van der Waals surface area contributed by atoms with Crippen LogP contribution in [0.2, 0.25) is 0 Å². The summed E-state index contributed by atoms with van der Waals surface area (Å²) < 4.78 is 27.2. The van der Waals surface area contributed by atoms with Crippen molar-refractivity contribution in [1.29, 1.82) is 5.41 Å². The normalized spacial score (nSPS) is 14.3. The number of nitrogens with zero attached hydrogens (tertiary/aromatic N) is 3. The third-order valence-corrected chi connectivity index (χ3v) is 8.27. The minimum Gasteiger partial charge on any atom is -0.489 e. The molecule has 5 rings (SSSR count). The Morgan fingerprint density at radius 3 is 2.64 bits per heavy atom. The molecular formula is C31H35FN6O6S. The van der Waals surface area contributed by atoms with Gasteiger partial charge in [-0.3, -0.25) is 19.6 Å². The van der Waals surface area contributed by atoms with E-state index in [9.17, 15) is 18.8 Å². The minimum absolute atomic E-state index is 0.109. The lowest BCUT2D eigenvalue weighted by Crippen LogP contribution is -2.44. The van der Waals surface area contributed by atoms with E-state index in [2.05, 4.69) is 20.6 Å². The first kappa shape index (κ1) is 33.2. The average Bonchev–Trinajstić information content (AvgIpc) is 3.60. The number of aryl methyl sites for hydroxylation is 3. The number of hydrogen-bond acceptors (Lipinski definition) is 10. The Balaban J connectivity index is 0.000000854. The number of benzene rings is 2. The Labute approximate surface area is 262 Å². The number of rotatable bonds is 12. The van der Waals surface area contributed by atoms with Gasteiger partial charge in [0.15, 0.2) is 0 Å². The van der Waals surface area contributed by atoms with Crippen LogP contribution >= 0.6 is 11.3 Å². The summed E-state index contributed by atoms with van der Waals surface area (Å²) in [5, 5.41) is 22.5. The van der Waals surface area contributed by atoms with Crippen LogP contribution in [0.5, 0.6) is 5.75 Å². The molecule has 238 valence electrons. The molecule has 0 spiro atoms. The Morgan fingerprint density at radius 2 is 2.00 bits per heavy atom. The number of nitrogens with one attached hydrogen (secondary N) is 3. The van der Waals surface area contributed by atoms with E-state index in [1.165, 1.54) is 34.3 Å². The fourth-order valence-electron chi connectivity index (χ4n) is 4.85. The number of carbonyl (C=O) groups excluding carboxylic acids is 1. The summed E-state index contributed by atoms with van der Waals surface area (Å²) in [6.45, 7) is 3.07. The van der Waals surface area contributed by atoms with Gasteiger partial charge in [-0.25, -0.2) is 13.8 Å². The van der Waals surface area contributed by atoms with Gasteiger partial charge in [-0.1, -0.05) is 41.7 Å². The molecule has 1 atom stereocenters. The Kier molecular flexibility index (Phi) is 11.7. The molecule has 1 aliphatic heterocycles. The number of methoxy groups -OCH3 is 1. The van der Waals surface area contributed by atoms with Crippen LogP contribution in [0.25, 0.3) is 10.2 Å². The van der Waals surface area contributed by atoms with Crippen LogP contribution in [0, 0.1) is 18.2 Å². The second-order valence-electron chi connectivity index (χ2n) is 9.99. The van der Waals surface area contributed by atoms with Gasteiger partial charge in [0.2, 0.25) is 5.91 Å². The molecule has 1 fully saturated rings. The number of amides is 1. The number of ether oxygens (including phenoxy) is 2. The SMILES string of the molecule is COCCO.Cc1c(N/N=C\C=N)sc2c1c(=O)n([C@H]1CCNC1=O)c(=O)n2CCc1cc(F)ccc1OCc1ccccc1. The minimum atomic E-state index is -0.916. The molecule has 0 unspecified atom stereocenters. The van der Waals surface area contributed by atoms with Crippen molar-refractivity contribution in [1.82, 2.24) is 14.5 Å². The van der Waals surface area contributed by atoms with E-state index in [-0.39, 0.29) is 25.5 Å². The molecule has 1 amide bonds. The smallest absolute Gasteiger partial charge is 0.332 e. The number of aliphatic hydroxyl groups is 1. The van der Waals surface area contributed by atoms with Gasteiger partial charge < -0.3 is 25.3 Å². The summed E-state index contributed by atoms with van der Waals surface area (Å²) in [6.07, 6.45) is 2.81. The van der Waals surface area contributed by atoms with Gasteiger partial charge in [-0.15, -0.1) is 0 Å². The highest BCUT2D eigenvalue weighted by molar-refractivity contribution is 7.22. The molecule has 1 aliphatic rings. The summed E-state index contributed by atoms with van der Waals surface area (Å²) >= 11 is 1.18. The van der Waals surface area contributed by atoms with Crippen molar-refractivity contribution in [3.05, 3.63) is 91.9 Å². The molecule has 2 aromatic carbocycles. The predicted octanol–water partition coefficient (Wildman–Crippen LogP) is 3.23. The number of aliphatic hydroxyl groups excluding tert-OH is 1. The number of hydrazone groups is 1. The van der Waals surface area contributed by atoms with Crippen LogP contribution in [0.15, 0.2) is 63.2 Å². The van der Waals surface area contributed by atoms with Crippen molar-refractivity contribution in [2.45, 2.75) is 39.0 Å². The van der Waals surface area contributed by atoms with Crippen LogP contribution < -0.4 is 26.7 Å². The quantitative estimate of drug-likeness (QED) is 0.137. The third kappa shape index (κ3) is 7.90. The highest BCUT2D eigenvalue weighted by Gasteiger charge is 2.31. The fourth-order valence-corrected chi connectivity index (χ4v) is 6.02. The lowest BCUT2D eigenvalue weighted by molar-refractivity contribution is -0.122. The van der Waals surface area contributed by atoms with Crippen molar-refractivity contribution < 1.29 is 23.8 Å². The van der Waals surface area contributed by atoms with Gasteiger partial charge in [0.25, 0.3) is 5.56 Å². The number of carbonyl (C=O) groups is 1. The molecule has 2 aromatic heterocycles. The van der Waals surface area contributed by atoms with E-state index >= 15 is 0 Å². The van der Waals surface area contributed by atoms with E-state index in [0.717, 1.165) is 16.3 Å². The zero-order chi connectivity index (χ0) is 32.3. The largest absolute Gasteiger partial charge is 0.489 e. The molecular weight excluding hydrogens is 603 g/mol. The number of aromatic nitrogens is 2. The predicted molar refractivity (Wildman–Crippen MR) is 172 cm³/mol. The molecule has 4 N–H and O–H groups in total. The summed E-state index contributed by atoms with van der Waals surface area (Å²) in [6, 6.07) is 12.9. The topological polar surface area (TPSA) is 160 Å². The first-order valence-electron chi connectivity index (χ1n) is 14.2. The number of thiophene rings is 1. The van der Waals surface area contributed by atoms with Crippen molar-refractivity contribution in [2.75, 3.05) is 32.3 Å². The van der Waals surface area contributed by atoms with Gasteiger partial charge >= 0.3 is 5.69 Å². The monoisotopic (exact) mass is 638 g/mol. The van der Waals surface area contributed by atoms with E-state index < -0.39 is 23.1 Å². The zero-order valence-electron chi connectivity index (χ0n) is 24.9. The number of hydrogen-bond donors (Lipinski definition) is 4. The van der Waals surface area contributed by atoms with Crippen LogP contribution in [0.1, 0.15) is 29.2 Å². The molecule has 0 aliphatic carbocycles. The fraction of sp³-hybridized carbons (Fsp3) is 0.323. The molecule has 4 aromatic rings. The van der Waals surface area contributed by atoms with E-state index in [0.29, 0.717) is 58.3 Å². The van der Waals surface area contributed by atoms with Crippen molar-refractivity contribution in [3.8, 4) is 5.75 Å². The Bertz CT molecular complexity index is 1780. The molecule has 3 heterocycles. The molecule has 1 saturated heterocycles. The zero-order valence-corrected chi connectivity index (χ0v) is 25.7. The first-order chi connectivity index (χ1) is 21.8. The first-order valence-corrected chi connectivity index (χ1v) is 15.0. The Morgan fingerprint density at radius 1 is 1.22 bits per heavy atom. The third-order valence-electron chi connectivity index (χ3n) is 7.05. The lowest BCUT2D eigenvalue weighted by Gasteiger charge is -2.16. The maximum atomic E-state index is 14.3. The van der Waals surface area contributed by atoms with Crippen molar-refractivity contribution in [2.24, 2.45) is 5.10 Å². The van der Waals surface area contributed by atoms with Gasteiger partial charge in [-0.2, -0.15) is 5.10 Å². The summed E-state index contributed by atoms with van der Waals surface area (Å²) in [4.78, 5) is 40.3. The second kappa shape index (κ2) is 15.9. The van der Waals surface area contributed by atoms with Crippen molar-refractivity contribution in [3.63, 3.8) is 0 Å². The summed E-state index contributed by atoms with van der Waals surface area (Å²) in [5.74, 6) is -0.327. The number of fused-ring (bicyclic) bond motifs is 1. The number of halogens is 1.